The van der Waals surface area contributed by atoms with Crippen molar-refractivity contribution in [2.75, 3.05) is 58.6 Å². The van der Waals surface area contributed by atoms with Crippen LogP contribution in [0.5, 0.6) is 0 Å². The van der Waals surface area contributed by atoms with Gasteiger partial charge in [0, 0.05) is 19.5 Å². The Balaban J connectivity index is 3.69. The molecule has 70 heavy (non-hydrogen) atoms. The molecule has 0 aromatic rings. The van der Waals surface area contributed by atoms with Crippen molar-refractivity contribution >= 4 is 13.6 Å². The molecule has 414 valence electrons. The molecular weight excluding hydrogens is 888 g/mol. The number of carbonyl (C=O) groups is 1. The third-order valence-electron chi connectivity index (χ3n) is 14.0. The number of esters is 1. The van der Waals surface area contributed by atoms with E-state index in [0.717, 1.165) is 77.7 Å². The summed E-state index contributed by atoms with van der Waals surface area (Å²) >= 11 is 0. The van der Waals surface area contributed by atoms with Gasteiger partial charge in [0.25, 0.3) is 0 Å². The highest BCUT2D eigenvalue weighted by Gasteiger charge is 2.15. The molecule has 0 bridgehead atoms. The predicted octanol–water partition coefficient (Wildman–Crippen LogP) is 17.8. The van der Waals surface area contributed by atoms with E-state index in [4.69, 9.17) is 4.74 Å². The molecule has 0 aliphatic rings. The number of aliphatic hydroxyl groups excluding tert-OH is 1. The van der Waals surface area contributed by atoms with E-state index < -0.39 is 7.60 Å². The van der Waals surface area contributed by atoms with Crippen LogP contribution in [0, 0.1) is 0 Å². The summed E-state index contributed by atoms with van der Waals surface area (Å²) in [6, 6.07) is 0. The zero-order valence-corrected chi connectivity index (χ0v) is 47.5. The van der Waals surface area contributed by atoms with Crippen molar-refractivity contribution in [3.05, 3.63) is 36.5 Å². The maximum Gasteiger partial charge on any atom is 0.326 e. The van der Waals surface area contributed by atoms with Crippen molar-refractivity contribution in [1.82, 2.24) is 9.80 Å². The Morgan fingerprint density at radius 1 is 0.400 bits per heavy atom. The maximum absolute atomic E-state index is 12.2. The molecule has 0 fully saturated rings. The van der Waals surface area contributed by atoms with Crippen LogP contribution >= 0.6 is 7.60 Å². The van der Waals surface area contributed by atoms with Gasteiger partial charge < -0.3 is 29.4 Å². The molecular formula is C61H119N2O6P. The van der Waals surface area contributed by atoms with E-state index in [-0.39, 0.29) is 18.7 Å². The fourth-order valence-electron chi connectivity index (χ4n) is 9.41. The van der Waals surface area contributed by atoms with Crippen LogP contribution in [0.25, 0.3) is 0 Å². The number of hydrogen-bond donors (Lipinski definition) is 3. The monoisotopic (exact) mass is 1010 g/mol. The van der Waals surface area contributed by atoms with Gasteiger partial charge in [-0.05, 0) is 122 Å². The molecule has 8 nitrogen and oxygen atoms in total. The summed E-state index contributed by atoms with van der Waals surface area (Å²) < 4.78 is 17.1. The number of allylic oxidation sites excluding steroid dienone is 6. The van der Waals surface area contributed by atoms with E-state index in [1.54, 1.807) is 0 Å². The molecule has 0 rings (SSSR count). The van der Waals surface area contributed by atoms with Gasteiger partial charge in [0.05, 0.1) is 19.4 Å². The van der Waals surface area contributed by atoms with E-state index in [2.05, 4.69) is 60.1 Å². The standard InChI is InChI=1S/C61H119N2O6P/c1-3-5-7-9-11-13-15-17-19-21-23-25-28-34-40-46-52-62(56-58-64)53-47-41-37-32-33-39-45-51-61(65)69-59-50-44-38-31-27-30-36-43-49-55-63(57-60-70(66,67)68)54-48-42-35-29-26-24-22-20-18-16-14-12-10-8-6-4-2/h11,13,17-20,64H,3-10,12,14-16,21-60H2,1-2H3,(H2,66,67,68)/b13-11-,19-17-,20-18-. The van der Waals surface area contributed by atoms with Gasteiger partial charge in [0.2, 0.25) is 0 Å². The van der Waals surface area contributed by atoms with Gasteiger partial charge in [-0.2, -0.15) is 0 Å². The lowest BCUT2D eigenvalue weighted by Crippen LogP contribution is -2.29. The smallest absolute Gasteiger partial charge is 0.326 e. The van der Waals surface area contributed by atoms with Crippen LogP contribution in [0.1, 0.15) is 290 Å². The minimum Gasteiger partial charge on any atom is -0.466 e. The molecule has 0 spiro atoms. The summed E-state index contributed by atoms with van der Waals surface area (Å²) in [4.78, 5) is 35.9. The number of ether oxygens (including phenoxy) is 1. The second kappa shape index (κ2) is 57.0. The lowest BCUT2D eigenvalue weighted by molar-refractivity contribution is -0.143. The first-order valence-corrected chi connectivity index (χ1v) is 32.3. The Kier molecular flexibility index (Phi) is 56.0. The zero-order chi connectivity index (χ0) is 51.0. The van der Waals surface area contributed by atoms with Gasteiger partial charge >= 0.3 is 13.6 Å². The number of carbonyl (C=O) groups excluding carboxylic acids is 1. The van der Waals surface area contributed by atoms with E-state index >= 15 is 0 Å². The second-order valence-electron chi connectivity index (χ2n) is 20.9. The quantitative estimate of drug-likeness (QED) is 0.0239. The normalized spacial score (nSPS) is 12.4. The molecule has 0 atom stereocenters. The van der Waals surface area contributed by atoms with Crippen LogP contribution in [-0.4, -0.2) is 89.3 Å². The maximum atomic E-state index is 12.2. The largest absolute Gasteiger partial charge is 0.466 e. The molecule has 3 N–H and O–H groups in total. The van der Waals surface area contributed by atoms with Crippen molar-refractivity contribution < 1.29 is 29.0 Å². The minimum atomic E-state index is -3.97. The topological polar surface area (TPSA) is 111 Å². The van der Waals surface area contributed by atoms with Gasteiger partial charge in [-0.1, -0.05) is 224 Å². The Morgan fingerprint density at radius 2 is 0.714 bits per heavy atom. The van der Waals surface area contributed by atoms with E-state index in [9.17, 15) is 24.3 Å². The third-order valence-corrected chi connectivity index (χ3v) is 14.8. The molecule has 0 aromatic carbocycles. The lowest BCUT2D eigenvalue weighted by atomic mass is 10.1. The van der Waals surface area contributed by atoms with Crippen molar-refractivity contribution in [2.45, 2.75) is 290 Å². The van der Waals surface area contributed by atoms with Crippen LogP contribution in [-0.2, 0) is 14.1 Å². The average Bonchev–Trinajstić information content (AvgIpc) is 3.34. The number of aliphatic hydroxyl groups is 1. The summed E-state index contributed by atoms with van der Waals surface area (Å²) in [6.45, 7) is 10.7. The summed E-state index contributed by atoms with van der Waals surface area (Å²) in [5.41, 5.74) is 0. The first kappa shape index (κ1) is 68.7. The first-order chi connectivity index (χ1) is 34.3. The van der Waals surface area contributed by atoms with E-state index in [1.807, 2.05) is 0 Å². The Morgan fingerprint density at radius 3 is 1.11 bits per heavy atom. The van der Waals surface area contributed by atoms with Crippen molar-refractivity contribution in [2.24, 2.45) is 0 Å². The first-order valence-electron chi connectivity index (χ1n) is 30.5. The van der Waals surface area contributed by atoms with Crippen LogP contribution < -0.4 is 0 Å². The number of rotatable bonds is 58. The van der Waals surface area contributed by atoms with Crippen molar-refractivity contribution in [1.29, 1.82) is 0 Å². The highest BCUT2D eigenvalue weighted by Crippen LogP contribution is 2.33. The summed E-state index contributed by atoms with van der Waals surface area (Å²) in [6.07, 6.45) is 66.7. The highest BCUT2D eigenvalue weighted by atomic mass is 31.2. The summed E-state index contributed by atoms with van der Waals surface area (Å²) in [7, 11) is -3.97. The van der Waals surface area contributed by atoms with Gasteiger partial charge in [-0.25, -0.2) is 0 Å². The van der Waals surface area contributed by atoms with Crippen molar-refractivity contribution in [3.63, 3.8) is 0 Å². The highest BCUT2D eigenvalue weighted by molar-refractivity contribution is 7.51. The molecule has 0 aliphatic heterocycles. The number of nitrogens with zero attached hydrogens (tertiary/aromatic N) is 2. The molecule has 0 saturated heterocycles. The minimum absolute atomic E-state index is 0.0350. The molecule has 0 unspecified atom stereocenters. The fourth-order valence-corrected chi connectivity index (χ4v) is 9.96. The predicted molar refractivity (Wildman–Crippen MR) is 305 cm³/mol. The summed E-state index contributed by atoms with van der Waals surface area (Å²) in [5.74, 6) is -0.0350. The number of hydrogen-bond acceptors (Lipinski definition) is 6. The Hall–Kier alpha value is -1.28. The molecule has 0 radical (unpaired) electrons. The fraction of sp³-hybridized carbons (Fsp3) is 0.885. The van der Waals surface area contributed by atoms with Crippen molar-refractivity contribution in [3.8, 4) is 0 Å². The van der Waals surface area contributed by atoms with Crippen LogP contribution in [0.2, 0.25) is 0 Å². The average molecular weight is 1010 g/mol. The summed E-state index contributed by atoms with van der Waals surface area (Å²) in [5, 5.41) is 9.56. The molecule has 0 aliphatic carbocycles. The van der Waals surface area contributed by atoms with Gasteiger partial charge in [0.1, 0.15) is 0 Å². The van der Waals surface area contributed by atoms with Crippen LogP contribution in [0.3, 0.4) is 0 Å². The zero-order valence-electron chi connectivity index (χ0n) is 46.6. The van der Waals surface area contributed by atoms with Gasteiger partial charge in [0.15, 0.2) is 0 Å². The van der Waals surface area contributed by atoms with Crippen LogP contribution in [0.15, 0.2) is 36.5 Å². The molecule has 0 heterocycles. The molecule has 9 heteroatoms. The Labute approximate surface area is 435 Å². The van der Waals surface area contributed by atoms with Gasteiger partial charge in [-0.3, -0.25) is 9.36 Å². The van der Waals surface area contributed by atoms with E-state index in [0.29, 0.717) is 19.6 Å². The third kappa shape index (κ3) is 57.6. The second-order valence-corrected chi connectivity index (χ2v) is 22.7. The molecule has 0 aromatic heterocycles. The SMILES string of the molecule is CCCCC/C=C\C/C=C\CCCCCCCCN(CCO)CCCCCCCCCC(=O)OCCCCCCCCCCCN(CCCCCCCC/C=C\CCCCCCCC)CCP(=O)(O)O. The molecule has 0 saturated carbocycles. The Bertz CT molecular complexity index is 1190. The van der Waals surface area contributed by atoms with Crippen LogP contribution in [0.4, 0.5) is 0 Å². The van der Waals surface area contributed by atoms with Gasteiger partial charge in [-0.15, -0.1) is 0 Å². The van der Waals surface area contributed by atoms with E-state index in [1.165, 1.54) is 225 Å². The molecule has 0 amide bonds. The number of unbranched alkanes of at least 4 members (excludes halogenated alkanes) is 35. The lowest BCUT2D eigenvalue weighted by Gasteiger charge is -2.22.